The third kappa shape index (κ3) is 3.49. The summed E-state index contributed by atoms with van der Waals surface area (Å²) in [5.74, 6) is 2.88. The summed E-state index contributed by atoms with van der Waals surface area (Å²) in [6.07, 6.45) is 3.21. The van der Waals surface area contributed by atoms with Crippen LogP contribution in [-0.2, 0) is 12.3 Å². The molecule has 0 aliphatic carbocycles. The topological polar surface area (TPSA) is 103 Å². The van der Waals surface area contributed by atoms with Gasteiger partial charge >= 0.3 is 0 Å². The summed E-state index contributed by atoms with van der Waals surface area (Å²) >= 11 is 2.94. The number of furan rings is 2. The van der Waals surface area contributed by atoms with Crippen molar-refractivity contribution < 1.29 is 13.4 Å². The van der Waals surface area contributed by atoms with Gasteiger partial charge in [0.15, 0.2) is 10.1 Å². The van der Waals surface area contributed by atoms with Gasteiger partial charge in [0, 0.05) is 0 Å². The summed E-state index contributed by atoms with van der Waals surface area (Å²) in [4.78, 5) is 4.28. The maximum absolute atomic E-state index is 5.25. The van der Waals surface area contributed by atoms with E-state index in [1.54, 1.807) is 24.7 Å². The molecule has 0 fully saturated rings. The van der Waals surface area contributed by atoms with E-state index in [1.165, 1.54) is 23.1 Å². The maximum atomic E-state index is 5.25. The Morgan fingerprint density at radius 1 is 1.12 bits per heavy atom. The van der Waals surface area contributed by atoms with Crippen molar-refractivity contribution in [2.24, 2.45) is 0 Å². The smallest absolute Gasteiger partial charge is 0.238 e. The number of aromatic nitrogens is 4. The van der Waals surface area contributed by atoms with Crippen molar-refractivity contribution in [2.75, 3.05) is 5.32 Å². The van der Waals surface area contributed by atoms with Crippen LogP contribution in [0.2, 0.25) is 0 Å². The molecule has 4 aromatic rings. The van der Waals surface area contributed by atoms with Gasteiger partial charge in [-0.15, -0.1) is 10.2 Å². The molecular formula is C14H11N5O3S2. The van der Waals surface area contributed by atoms with E-state index >= 15 is 0 Å². The number of thioether (sulfide) groups is 1. The summed E-state index contributed by atoms with van der Waals surface area (Å²) in [6.45, 7) is 0.572. The van der Waals surface area contributed by atoms with Crippen molar-refractivity contribution in [1.29, 1.82) is 0 Å². The van der Waals surface area contributed by atoms with Crippen LogP contribution in [-0.4, -0.2) is 20.3 Å². The fourth-order valence-electron chi connectivity index (χ4n) is 1.86. The predicted molar refractivity (Wildman–Crippen MR) is 87.5 cm³/mol. The minimum absolute atomic E-state index is 0.439. The molecule has 0 radical (unpaired) electrons. The molecule has 0 aliphatic heterocycles. The molecule has 122 valence electrons. The summed E-state index contributed by atoms with van der Waals surface area (Å²) in [7, 11) is 0. The zero-order valence-corrected chi connectivity index (χ0v) is 13.8. The average Bonchev–Trinajstić information content (AvgIpc) is 3.40. The van der Waals surface area contributed by atoms with E-state index in [2.05, 4.69) is 25.7 Å². The number of hydrogen-bond donors (Lipinski definition) is 1. The van der Waals surface area contributed by atoms with Gasteiger partial charge in [0.05, 0.1) is 24.8 Å². The minimum Gasteiger partial charge on any atom is -0.467 e. The van der Waals surface area contributed by atoms with E-state index < -0.39 is 0 Å². The molecule has 0 aromatic carbocycles. The second-order valence-corrected chi connectivity index (χ2v) is 6.78. The fourth-order valence-corrected chi connectivity index (χ4v) is 3.44. The molecule has 0 amide bonds. The molecule has 0 atom stereocenters. The average molecular weight is 361 g/mol. The molecule has 1 N–H and O–H groups in total. The third-order valence-corrected chi connectivity index (χ3v) is 4.93. The van der Waals surface area contributed by atoms with Gasteiger partial charge in [-0.3, -0.25) is 0 Å². The largest absolute Gasteiger partial charge is 0.467 e. The standard InChI is InChI=1S/C14H11N5O3S2/c1-3-9(20-5-1)7-15-13-17-18-14(24-13)23-8-11-16-12(19-22-11)10-4-2-6-21-10/h1-6H,7-8H2,(H,15,17). The van der Waals surface area contributed by atoms with E-state index in [1.807, 2.05) is 12.1 Å². The van der Waals surface area contributed by atoms with Gasteiger partial charge in [0.2, 0.25) is 16.8 Å². The number of nitrogens with one attached hydrogen (secondary N) is 1. The van der Waals surface area contributed by atoms with Gasteiger partial charge in [0.25, 0.3) is 0 Å². The highest BCUT2D eigenvalue weighted by Crippen LogP contribution is 2.28. The molecule has 4 rings (SSSR count). The molecule has 0 aliphatic rings. The van der Waals surface area contributed by atoms with Crippen LogP contribution < -0.4 is 5.32 Å². The van der Waals surface area contributed by atoms with Crippen molar-refractivity contribution >= 4 is 28.2 Å². The van der Waals surface area contributed by atoms with Crippen molar-refractivity contribution in [1.82, 2.24) is 20.3 Å². The molecule has 24 heavy (non-hydrogen) atoms. The van der Waals surface area contributed by atoms with E-state index in [0.29, 0.717) is 29.8 Å². The van der Waals surface area contributed by atoms with E-state index in [0.717, 1.165) is 15.2 Å². The lowest BCUT2D eigenvalue weighted by Crippen LogP contribution is -1.96. The first-order chi connectivity index (χ1) is 11.9. The lowest BCUT2D eigenvalue weighted by Gasteiger charge is -1.96. The van der Waals surface area contributed by atoms with Crippen molar-refractivity contribution in [3.8, 4) is 11.6 Å². The van der Waals surface area contributed by atoms with Crippen LogP contribution >= 0.6 is 23.1 Å². The number of rotatable bonds is 7. The zero-order valence-electron chi connectivity index (χ0n) is 12.2. The van der Waals surface area contributed by atoms with E-state index in [4.69, 9.17) is 13.4 Å². The van der Waals surface area contributed by atoms with Crippen LogP contribution in [0.3, 0.4) is 0 Å². The Morgan fingerprint density at radius 2 is 2.04 bits per heavy atom. The van der Waals surface area contributed by atoms with E-state index in [-0.39, 0.29) is 0 Å². The van der Waals surface area contributed by atoms with Crippen LogP contribution in [0, 0.1) is 0 Å². The van der Waals surface area contributed by atoms with Crippen molar-refractivity contribution in [2.45, 2.75) is 16.6 Å². The Labute approximate surface area is 144 Å². The number of anilines is 1. The summed E-state index contributed by atoms with van der Waals surface area (Å²) in [5.41, 5.74) is 0. The van der Waals surface area contributed by atoms with Crippen molar-refractivity contribution in [3.05, 3.63) is 48.4 Å². The highest BCUT2D eigenvalue weighted by molar-refractivity contribution is 8.00. The highest BCUT2D eigenvalue weighted by atomic mass is 32.2. The first kappa shape index (κ1) is 15.0. The SMILES string of the molecule is c1coc(CNc2nnc(SCc3nc(-c4ccco4)no3)s2)c1. The Kier molecular flexibility index (Phi) is 4.30. The molecule has 10 heteroatoms. The zero-order chi connectivity index (χ0) is 16.2. The van der Waals surface area contributed by atoms with Gasteiger partial charge in [-0.25, -0.2) is 0 Å². The minimum atomic E-state index is 0.439. The van der Waals surface area contributed by atoms with Gasteiger partial charge in [-0.2, -0.15) is 4.98 Å². The summed E-state index contributed by atoms with van der Waals surface area (Å²) < 4.78 is 16.5. The Morgan fingerprint density at radius 3 is 2.88 bits per heavy atom. The van der Waals surface area contributed by atoms with Gasteiger partial charge in [0.1, 0.15) is 5.76 Å². The second-order valence-electron chi connectivity index (χ2n) is 4.58. The molecule has 0 saturated carbocycles. The normalized spacial score (nSPS) is 11.0. The Bertz CT molecular complexity index is 885. The Hall–Kier alpha value is -2.59. The first-order valence-electron chi connectivity index (χ1n) is 6.96. The van der Waals surface area contributed by atoms with Crippen LogP contribution in [0.4, 0.5) is 5.13 Å². The summed E-state index contributed by atoms with van der Waals surface area (Å²) in [6, 6.07) is 7.30. The lowest BCUT2D eigenvalue weighted by molar-refractivity contribution is 0.390. The Balaban J connectivity index is 1.31. The highest BCUT2D eigenvalue weighted by Gasteiger charge is 2.12. The maximum Gasteiger partial charge on any atom is 0.238 e. The monoisotopic (exact) mass is 361 g/mol. The number of hydrogen-bond acceptors (Lipinski definition) is 10. The van der Waals surface area contributed by atoms with Crippen LogP contribution in [0.1, 0.15) is 11.7 Å². The quantitative estimate of drug-likeness (QED) is 0.494. The van der Waals surface area contributed by atoms with E-state index in [9.17, 15) is 0 Å². The molecule has 4 heterocycles. The molecule has 0 spiro atoms. The third-order valence-electron chi connectivity index (χ3n) is 2.93. The second kappa shape index (κ2) is 6.89. The predicted octanol–water partition coefficient (Wildman–Crippen LogP) is 3.68. The molecular weight excluding hydrogens is 350 g/mol. The van der Waals surface area contributed by atoms with Gasteiger partial charge < -0.3 is 18.7 Å². The molecule has 0 saturated heterocycles. The number of nitrogens with zero attached hydrogens (tertiary/aromatic N) is 4. The lowest BCUT2D eigenvalue weighted by atomic mass is 10.4. The van der Waals surface area contributed by atoms with Gasteiger partial charge in [-0.1, -0.05) is 28.3 Å². The van der Waals surface area contributed by atoms with Crippen LogP contribution in [0.15, 0.2) is 54.5 Å². The van der Waals surface area contributed by atoms with Crippen molar-refractivity contribution in [3.63, 3.8) is 0 Å². The molecule has 4 aromatic heterocycles. The molecule has 0 bridgehead atoms. The first-order valence-corrected chi connectivity index (χ1v) is 8.76. The summed E-state index contributed by atoms with van der Waals surface area (Å²) in [5, 5.41) is 16.0. The van der Waals surface area contributed by atoms with Gasteiger partial charge in [-0.05, 0) is 24.3 Å². The molecule has 8 nitrogen and oxygen atoms in total. The molecule has 0 unspecified atom stereocenters. The fraction of sp³-hybridized carbons (Fsp3) is 0.143. The van der Waals surface area contributed by atoms with Crippen LogP contribution in [0.25, 0.3) is 11.6 Å². The van der Waals surface area contributed by atoms with Crippen LogP contribution in [0.5, 0.6) is 0 Å².